The lowest BCUT2D eigenvalue weighted by Crippen LogP contribution is -2.47. The predicted octanol–water partition coefficient (Wildman–Crippen LogP) is 2.32. The van der Waals surface area contributed by atoms with Crippen molar-refractivity contribution in [1.82, 2.24) is 4.90 Å². The summed E-state index contributed by atoms with van der Waals surface area (Å²) in [6.45, 7) is 4.97. The molecule has 0 spiro atoms. The zero-order valence-corrected chi connectivity index (χ0v) is 11.3. The maximum atomic E-state index is 12.2. The molecular weight excluding hydrogens is 232 g/mol. The third-order valence-electron chi connectivity index (χ3n) is 3.48. The minimum atomic E-state index is -0.331. The van der Waals surface area contributed by atoms with E-state index in [4.69, 9.17) is 5.73 Å². The molecule has 0 fully saturated rings. The third-order valence-corrected chi connectivity index (χ3v) is 4.47. The molecule has 1 aromatic rings. The van der Waals surface area contributed by atoms with Crippen LogP contribution in [0.5, 0.6) is 0 Å². The van der Waals surface area contributed by atoms with Crippen molar-refractivity contribution in [3.05, 3.63) is 21.9 Å². The maximum Gasteiger partial charge on any atom is 0.239 e. The van der Waals surface area contributed by atoms with Gasteiger partial charge in [0.1, 0.15) is 0 Å². The molecule has 0 bridgehead atoms. The molecule has 0 radical (unpaired) electrons. The van der Waals surface area contributed by atoms with Crippen molar-refractivity contribution >= 4 is 17.2 Å². The van der Waals surface area contributed by atoms with E-state index in [0.717, 1.165) is 25.8 Å². The first-order valence-electron chi connectivity index (χ1n) is 6.27. The van der Waals surface area contributed by atoms with Crippen molar-refractivity contribution in [3.8, 4) is 0 Å². The smallest absolute Gasteiger partial charge is 0.239 e. The van der Waals surface area contributed by atoms with Crippen molar-refractivity contribution < 1.29 is 4.79 Å². The lowest BCUT2D eigenvalue weighted by Gasteiger charge is -2.35. The number of nitrogens with two attached hydrogens (primary N) is 1. The second kappa shape index (κ2) is 5.19. The van der Waals surface area contributed by atoms with Crippen molar-refractivity contribution in [2.24, 2.45) is 5.73 Å². The van der Waals surface area contributed by atoms with Gasteiger partial charge in [0.25, 0.3) is 0 Å². The topological polar surface area (TPSA) is 46.3 Å². The molecule has 3 nitrogen and oxygen atoms in total. The Morgan fingerprint density at radius 2 is 2.47 bits per heavy atom. The molecule has 0 saturated heterocycles. The molecule has 2 N–H and O–H groups in total. The maximum absolute atomic E-state index is 12.2. The van der Waals surface area contributed by atoms with Crippen LogP contribution in [0, 0.1) is 0 Å². The van der Waals surface area contributed by atoms with Gasteiger partial charge in [-0.25, -0.2) is 0 Å². The summed E-state index contributed by atoms with van der Waals surface area (Å²) in [4.78, 5) is 15.6. The number of thiophene rings is 1. The van der Waals surface area contributed by atoms with Gasteiger partial charge in [-0.15, -0.1) is 11.3 Å². The summed E-state index contributed by atoms with van der Waals surface area (Å²) < 4.78 is 0. The molecule has 0 saturated carbocycles. The molecule has 2 atom stereocenters. The Labute approximate surface area is 107 Å². The zero-order valence-electron chi connectivity index (χ0n) is 10.5. The van der Waals surface area contributed by atoms with Crippen molar-refractivity contribution in [2.45, 2.75) is 45.2 Å². The summed E-state index contributed by atoms with van der Waals surface area (Å²) in [5.41, 5.74) is 7.23. The summed E-state index contributed by atoms with van der Waals surface area (Å²) >= 11 is 1.79. The van der Waals surface area contributed by atoms with Gasteiger partial charge in [0.05, 0.1) is 12.1 Å². The minimum Gasteiger partial charge on any atom is -0.334 e. The molecule has 1 unspecified atom stereocenters. The average Bonchev–Trinajstić information content (AvgIpc) is 2.78. The van der Waals surface area contributed by atoms with E-state index in [-0.39, 0.29) is 18.0 Å². The Morgan fingerprint density at radius 3 is 3.18 bits per heavy atom. The summed E-state index contributed by atoms with van der Waals surface area (Å²) in [5.74, 6) is 0.108. The van der Waals surface area contributed by atoms with Crippen LogP contribution in [0.15, 0.2) is 11.4 Å². The third kappa shape index (κ3) is 2.38. The van der Waals surface area contributed by atoms with Crippen LogP contribution in [0.3, 0.4) is 0 Å². The molecule has 94 valence electrons. The number of carbonyl (C=O) groups excluding carboxylic acids is 1. The first kappa shape index (κ1) is 12.6. The Kier molecular flexibility index (Phi) is 3.84. The van der Waals surface area contributed by atoms with Gasteiger partial charge in [-0.05, 0) is 36.8 Å². The van der Waals surface area contributed by atoms with Crippen LogP contribution >= 0.6 is 11.3 Å². The summed E-state index contributed by atoms with van der Waals surface area (Å²) in [5, 5.41) is 2.11. The van der Waals surface area contributed by atoms with Crippen molar-refractivity contribution in [1.29, 1.82) is 0 Å². The molecule has 1 aromatic heterocycles. The monoisotopic (exact) mass is 252 g/mol. The Balaban J connectivity index is 2.12. The van der Waals surface area contributed by atoms with E-state index < -0.39 is 0 Å². The standard InChI is InChI=1S/C13H20N2OS/c1-3-4-11(14)13(16)15-7-5-12-10(9(15)2)6-8-17-12/h6,8-9,11H,3-5,7,14H2,1-2H3/t9?,11-/m1/s1. The number of fused-ring (bicyclic) bond motifs is 1. The minimum absolute atomic E-state index is 0.108. The van der Waals surface area contributed by atoms with Gasteiger partial charge in [-0.1, -0.05) is 13.3 Å². The number of carbonyl (C=O) groups is 1. The molecule has 1 aliphatic heterocycles. The largest absolute Gasteiger partial charge is 0.334 e. The fraction of sp³-hybridized carbons (Fsp3) is 0.615. The number of hydrogen-bond acceptors (Lipinski definition) is 3. The molecular formula is C13H20N2OS. The van der Waals surface area contributed by atoms with Gasteiger partial charge in [-0.2, -0.15) is 0 Å². The van der Waals surface area contributed by atoms with Crippen LogP contribution < -0.4 is 5.73 Å². The highest BCUT2D eigenvalue weighted by Crippen LogP contribution is 2.33. The summed E-state index contributed by atoms with van der Waals surface area (Å²) in [6.07, 6.45) is 2.71. The normalized spacial score (nSPS) is 21.1. The van der Waals surface area contributed by atoms with E-state index in [0.29, 0.717) is 0 Å². The Morgan fingerprint density at radius 1 is 1.71 bits per heavy atom. The highest BCUT2D eigenvalue weighted by Gasteiger charge is 2.30. The predicted molar refractivity (Wildman–Crippen MR) is 71.0 cm³/mol. The fourth-order valence-electron chi connectivity index (χ4n) is 2.46. The van der Waals surface area contributed by atoms with Gasteiger partial charge in [0.15, 0.2) is 0 Å². The van der Waals surface area contributed by atoms with E-state index in [9.17, 15) is 4.79 Å². The Hall–Kier alpha value is -0.870. The van der Waals surface area contributed by atoms with E-state index in [1.807, 2.05) is 4.90 Å². The summed E-state index contributed by atoms with van der Waals surface area (Å²) in [7, 11) is 0. The molecule has 0 aromatic carbocycles. The first-order valence-corrected chi connectivity index (χ1v) is 7.15. The van der Waals surface area contributed by atoms with Gasteiger partial charge >= 0.3 is 0 Å². The average molecular weight is 252 g/mol. The molecule has 1 aliphatic rings. The molecule has 0 aliphatic carbocycles. The Bertz CT molecular complexity index is 402. The quantitative estimate of drug-likeness (QED) is 0.897. The van der Waals surface area contributed by atoms with Gasteiger partial charge in [0.2, 0.25) is 5.91 Å². The van der Waals surface area contributed by atoms with Crippen LogP contribution in [0.1, 0.15) is 43.2 Å². The van der Waals surface area contributed by atoms with Crippen LogP contribution in [-0.2, 0) is 11.2 Å². The van der Waals surface area contributed by atoms with Crippen LogP contribution in [-0.4, -0.2) is 23.4 Å². The second-order valence-electron chi connectivity index (χ2n) is 4.65. The molecule has 2 rings (SSSR count). The van der Waals surface area contributed by atoms with Gasteiger partial charge < -0.3 is 10.6 Å². The van der Waals surface area contributed by atoms with E-state index in [1.54, 1.807) is 11.3 Å². The number of hydrogen-bond donors (Lipinski definition) is 1. The van der Waals surface area contributed by atoms with E-state index >= 15 is 0 Å². The van der Waals surface area contributed by atoms with Crippen molar-refractivity contribution in [2.75, 3.05) is 6.54 Å². The highest BCUT2D eigenvalue weighted by atomic mass is 32.1. The molecule has 1 amide bonds. The lowest BCUT2D eigenvalue weighted by molar-refractivity contribution is -0.135. The van der Waals surface area contributed by atoms with Crippen LogP contribution in [0.2, 0.25) is 0 Å². The molecule has 17 heavy (non-hydrogen) atoms. The van der Waals surface area contributed by atoms with E-state index in [1.165, 1.54) is 10.4 Å². The number of rotatable bonds is 3. The zero-order chi connectivity index (χ0) is 12.4. The highest BCUT2D eigenvalue weighted by molar-refractivity contribution is 7.10. The van der Waals surface area contributed by atoms with Crippen LogP contribution in [0.25, 0.3) is 0 Å². The number of amides is 1. The molecule has 2 heterocycles. The fourth-order valence-corrected chi connectivity index (χ4v) is 3.42. The number of nitrogens with zero attached hydrogens (tertiary/aromatic N) is 1. The van der Waals surface area contributed by atoms with Gasteiger partial charge in [-0.3, -0.25) is 4.79 Å². The van der Waals surface area contributed by atoms with Crippen molar-refractivity contribution in [3.63, 3.8) is 0 Å². The molecule has 4 heteroatoms. The first-order chi connectivity index (χ1) is 8.15. The SMILES string of the molecule is CCC[C@@H](N)C(=O)N1CCc2sccc2C1C. The van der Waals surface area contributed by atoms with Crippen LogP contribution in [0.4, 0.5) is 0 Å². The lowest BCUT2D eigenvalue weighted by atomic mass is 10.00. The second-order valence-corrected chi connectivity index (χ2v) is 5.65. The summed E-state index contributed by atoms with van der Waals surface area (Å²) in [6, 6.07) is 1.98. The van der Waals surface area contributed by atoms with E-state index in [2.05, 4.69) is 25.3 Å². The van der Waals surface area contributed by atoms with Gasteiger partial charge in [0, 0.05) is 11.4 Å².